The zero-order valence-corrected chi connectivity index (χ0v) is 11.6. The van der Waals surface area contributed by atoms with Gasteiger partial charge in [0.1, 0.15) is 0 Å². The maximum absolute atomic E-state index is 11.5. The summed E-state index contributed by atoms with van der Waals surface area (Å²) in [6.07, 6.45) is 1.91. The highest BCUT2D eigenvalue weighted by molar-refractivity contribution is 6.30. The van der Waals surface area contributed by atoms with Crippen LogP contribution < -0.4 is 10.3 Å². The van der Waals surface area contributed by atoms with Crippen LogP contribution in [-0.2, 0) is 6.42 Å². The molecule has 0 saturated heterocycles. The first-order valence-electron chi connectivity index (χ1n) is 6.08. The average molecular weight is 279 g/mol. The van der Waals surface area contributed by atoms with Crippen molar-refractivity contribution in [1.82, 2.24) is 10.2 Å². The Morgan fingerprint density at radius 1 is 1.32 bits per heavy atom. The normalized spacial score (nSPS) is 10.5. The molecule has 0 radical (unpaired) electrons. The third kappa shape index (κ3) is 2.96. The molecule has 0 atom stereocenters. The van der Waals surface area contributed by atoms with Crippen LogP contribution in [0.5, 0.6) is 5.88 Å². The number of hydrogen-bond acceptors (Lipinski definition) is 3. The minimum Gasteiger partial charge on any atom is -0.480 e. The Hall–Kier alpha value is -1.81. The van der Waals surface area contributed by atoms with Crippen LogP contribution >= 0.6 is 11.6 Å². The molecule has 0 spiro atoms. The molecule has 1 heterocycles. The van der Waals surface area contributed by atoms with Crippen LogP contribution in [0.25, 0.3) is 11.1 Å². The van der Waals surface area contributed by atoms with Gasteiger partial charge in [-0.05, 0) is 29.7 Å². The van der Waals surface area contributed by atoms with Crippen LogP contribution in [0, 0.1) is 0 Å². The number of halogens is 1. The summed E-state index contributed by atoms with van der Waals surface area (Å²) in [6, 6.07) is 7.15. The van der Waals surface area contributed by atoms with E-state index in [-0.39, 0.29) is 5.56 Å². The molecular weight excluding hydrogens is 264 g/mol. The van der Waals surface area contributed by atoms with Gasteiger partial charge in [-0.1, -0.05) is 31.0 Å². The topological polar surface area (TPSA) is 55.0 Å². The number of ether oxygens (including phenoxy) is 1. The third-order valence-corrected chi connectivity index (χ3v) is 3.08. The van der Waals surface area contributed by atoms with Crippen LogP contribution in [0.4, 0.5) is 0 Å². The van der Waals surface area contributed by atoms with Crippen molar-refractivity contribution in [3.63, 3.8) is 0 Å². The largest absolute Gasteiger partial charge is 0.480 e. The van der Waals surface area contributed by atoms with Gasteiger partial charge in [-0.25, -0.2) is 5.10 Å². The summed E-state index contributed by atoms with van der Waals surface area (Å²) in [4.78, 5) is 11.5. The first-order chi connectivity index (χ1) is 9.15. The average Bonchev–Trinajstić information content (AvgIpc) is 2.41. The zero-order valence-electron chi connectivity index (χ0n) is 10.9. The molecule has 19 heavy (non-hydrogen) atoms. The second-order valence-electron chi connectivity index (χ2n) is 4.21. The quantitative estimate of drug-likeness (QED) is 0.935. The number of aromatic nitrogens is 2. The van der Waals surface area contributed by atoms with Crippen LogP contribution in [-0.4, -0.2) is 17.3 Å². The van der Waals surface area contributed by atoms with Crippen molar-refractivity contribution < 1.29 is 4.74 Å². The fraction of sp³-hybridized carbons (Fsp3) is 0.286. The van der Waals surface area contributed by atoms with E-state index in [0.29, 0.717) is 16.5 Å². The van der Waals surface area contributed by atoms with Crippen molar-refractivity contribution in [2.24, 2.45) is 0 Å². The first-order valence-corrected chi connectivity index (χ1v) is 6.46. The standard InChI is InChI=1S/C14H15ClN2O2/c1-3-4-9-5-6-10(15)7-11(9)12-8-13(18)16-17-14(12)19-2/h5-8H,3-4H2,1-2H3,(H,16,18). The van der Waals surface area contributed by atoms with Gasteiger partial charge in [-0.2, -0.15) is 0 Å². The molecule has 0 saturated carbocycles. The molecular formula is C14H15ClN2O2. The SMILES string of the molecule is CCCc1ccc(Cl)cc1-c1cc(=O)[nH]nc1OC. The van der Waals surface area contributed by atoms with E-state index in [0.717, 1.165) is 24.0 Å². The molecule has 0 fully saturated rings. The molecule has 100 valence electrons. The van der Waals surface area contributed by atoms with E-state index >= 15 is 0 Å². The molecule has 0 amide bonds. The molecule has 0 aliphatic carbocycles. The van der Waals surface area contributed by atoms with Crippen LogP contribution in [0.3, 0.4) is 0 Å². The first kappa shape index (κ1) is 13.6. The van der Waals surface area contributed by atoms with Gasteiger partial charge in [0.15, 0.2) is 0 Å². The van der Waals surface area contributed by atoms with Gasteiger partial charge in [0.05, 0.1) is 12.7 Å². The maximum atomic E-state index is 11.5. The fourth-order valence-corrected chi connectivity index (χ4v) is 2.20. The molecule has 1 aromatic carbocycles. The monoisotopic (exact) mass is 278 g/mol. The van der Waals surface area contributed by atoms with Crippen molar-refractivity contribution in [2.75, 3.05) is 7.11 Å². The predicted molar refractivity (Wildman–Crippen MR) is 75.9 cm³/mol. The summed E-state index contributed by atoms with van der Waals surface area (Å²) < 4.78 is 5.20. The van der Waals surface area contributed by atoms with E-state index in [1.807, 2.05) is 18.2 Å². The predicted octanol–water partition coefficient (Wildman–Crippen LogP) is 3.05. The van der Waals surface area contributed by atoms with Gasteiger partial charge < -0.3 is 4.74 Å². The highest BCUT2D eigenvalue weighted by Crippen LogP contribution is 2.32. The molecule has 0 bridgehead atoms. The molecule has 4 nitrogen and oxygen atoms in total. The Labute approximate surface area is 116 Å². The van der Waals surface area contributed by atoms with Gasteiger partial charge >= 0.3 is 0 Å². The summed E-state index contributed by atoms with van der Waals surface area (Å²) in [7, 11) is 1.52. The number of nitrogens with one attached hydrogen (secondary N) is 1. The molecule has 2 rings (SSSR count). The highest BCUT2D eigenvalue weighted by Gasteiger charge is 2.13. The fourth-order valence-electron chi connectivity index (χ4n) is 2.03. The highest BCUT2D eigenvalue weighted by atomic mass is 35.5. The second-order valence-corrected chi connectivity index (χ2v) is 4.64. The smallest absolute Gasteiger partial charge is 0.265 e. The lowest BCUT2D eigenvalue weighted by Crippen LogP contribution is -2.09. The van der Waals surface area contributed by atoms with E-state index in [2.05, 4.69) is 17.1 Å². The van der Waals surface area contributed by atoms with Gasteiger partial charge in [0, 0.05) is 11.1 Å². The molecule has 0 unspecified atom stereocenters. The number of rotatable bonds is 4. The number of hydrogen-bond donors (Lipinski definition) is 1. The summed E-state index contributed by atoms with van der Waals surface area (Å²) in [5.74, 6) is 0.388. The van der Waals surface area contributed by atoms with Crippen LogP contribution in [0.2, 0.25) is 5.02 Å². The van der Waals surface area contributed by atoms with Crippen LogP contribution in [0.15, 0.2) is 29.1 Å². The van der Waals surface area contributed by atoms with Crippen molar-refractivity contribution in [3.8, 4) is 17.0 Å². The Morgan fingerprint density at radius 3 is 2.79 bits per heavy atom. The number of H-pyrrole nitrogens is 1. The molecule has 1 N–H and O–H groups in total. The van der Waals surface area contributed by atoms with Gasteiger partial charge in [-0.3, -0.25) is 4.79 Å². The lowest BCUT2D eigenvalue weighted by atomic mass is 9.98. The van der Waals surface area contributed by atoms with Gasteiger partial charge in [0.2, 0.25) is 5.88 Å². The van der Waals surface area contributed by atoms with E-state index in [4.69, 9.17) is 16.3 Å². The van der Waals surface area contributed by atoms with Crippen molar-refractivity contribution >= 4 is 11.6 Å². The summed E-state index contributed by atoms with van der Waals surface area (Å²) in [5, 5.41) is 6.89. The molecule has 0 aliphatic heterocycles. The molecule has 2 aromatic rings. The number of aryl methyl sites for hydroxylation is 1. The third-order valence-electron chi connectivity index (χ3n) is 2.85. The van der Waals surface area contributed by atoms with E-state index in [9.17, 15) is 4.79 Å². The molecule has 0 aliphatic rings. The second kappa shape index (κ2) is 5.89. The van der Waals surface area contributed by atoms with Crippen molar-refractivity contribution in [2.45, 2.75) is 19.8 Å². The van der Waals surface area contributed by atoms with Gasteiger partial charge in [0.25, 0.3) is 5.56 Å². The Bertz CT molecular complexity index is 638. The number of benzene rings is 1. The zero-order chi connectivity index (χ0) is 13.8. The lowest BCUT2D eigenvalue weighted by molar-refractivity contribution is 0.393. The van der Waals surface area contributed by atoms with Crippen molar-refractivity contribution in [3.05, 3.63) is 45.2 Å². The number of aromatic amines is 1. The Balaban J connectivity index is 2.66. The van der Waals surface area contributed by atoms with Crippen LogP contribution in [0.1, 0.15) is 18.9 Å². The van der Waals surface area contributed by atoms with E-state index in [1.165, 1.54) is 13.2 Å². The maximum Gasteiger partial charge on any atom is 0.265 e. The summed E-state index contributed by atoms with van der Waals surface area (Å²) in [5.41, 5.74) is 2.41. The molecule has 1 aromatic heterocycles. The minimum atomic E-state index is -0.266. The lowest BCUT2D eigenvalue weighted by Gasteiger charge is -2.11. The summed E-state index contributed by atoms with van der Waals surface area (Å²) >= 11 is 6.06. The van der Waals surface area contributed by atoms with E-state index < -0.39 is 0 Å². The number of nitrogens with zero attached hydrogens (tertiary/aromatic N) is 1. The minimum absolute atomic E-state index is 0.266. The molecule has 5 heteroatoms. The van der Waals surface area contributed by atoms with E-state index in [1.54, 1.807) is 0 Å². The Morgan fingerprint density at radius 2 is 2.11 bits per heavy atom. The Kier molecular flexibility index (Phi) is 4.22. The van der Waals surface area contributed by atoms with Crippen molar-refractivity contribution in [1.29, 1.82) is 0 Å². The summed E-state index contributed by atoms with van der Waals surface area (Å²) in [6.45, 7) is 2.10. The van der Waals surface area contributed by atoms with Gasteiger partial charge in [-0.15, -0.1) is 5.10 Å². The number of methoxy groups -OCH3 is 1.